The Labute approximate surface area is 125 Å². The van der Waals surface area contributed by atoms with Crippen molar-refractivity contribution in [1.29, 1.82) is 0 Å². The molecular formula is C14H12BF2NO4. The van der Waals surface area contributed by atoms with Crippen LogP contribution in [0.1, 0.15) is 15.9 Å². The highest BCUT2D eigenvalue weighted by atomic mass is 19.1. The molecule has 0 spiro atoms. The van der Waals surface area contributed by atoms with E-state index in [2.05, 4.69) is 9.97 Å². The Morgan fingerprint density at radius 1 is 1.14 bits per heavy atom. The molecule has 0 fully saturated rings. The molecule has 8 heteroatoms. The van der Waals surface area contributed by atoms with Crippen molar-refractivity contribution in [2.24, 2.45) is 0 Å². The average molecular weight is 307 g/mol. The Hall–Kier alpha value is -2.45. The molecule has 0 bridgehead atoms. The summed E-state index contributed by atoms with van der Waals surface area (Å²) in [5.74, 6) is -2.00. The molecule has 3 N–H and O–H groups in total. The lowest BCUT2D eigenvalue weighted by Crippen LogP contribution is -2.24. The molecule has 0 radical (unpaired) electrons. The maximum atomic E-state index is 13.4. The van der Waals surface area contributed by atoms with Gasteiger partial charge in [-0.25, -0.2) is 8.78 Å². The van der Waals surface area contributed by atoms with Gasteiger partial charge in [0, 0.05) is 6.54 Å². The monoisotopic (exact) mass is 307 g/mol. The molecule has 1 amide bonds. The molecule has 0 aliphatic rings. The SMILES string of the molecule is O=C(NCc1ccc(OB(O)O)cc1)c1cc(F)ccc1F. The van der Waals surface area contributed by atoms with Crippen molar-refractivity contribution in [2.75, 3.05) is 0 Å². The van der Waals surface area contributed by atoms with Crippen LogP contribution >= 0.6 is 0 Å². The van der Waals surface area contributed by atoms with Crippen molar-refractivity contribution in [1.82, 2.24) is 5.32 Å². The molecule has 0 saturated carbocycles. The number of carbonyl (C=O) groups excluding carboxylic acids is 1. The number of hydrogen-bond donors (Lipinski definition) is 3. The van der Waals surface area contributed by atoms with Crippen molar-refractivity contribution < 1.29 is 28.3 Å². The number of hydrogen-bond acceptors (Lipinski definition) is 4. The van der Waals surface area contributed by atoms with Gasteiger partial charge in [-0.05, 0) is 35.9 Å². The third-order valence-electron chi connectivity index (χ3n) is 2.79. The molecule has 5 nitrogen and oxygen atoms in total. The molecule has 0 heterocycles. The first-order valence-corrected chi connectivity index (χ1v) is 6.30. The van der Waals surface area contributed by atoms with E-state index in [1.807, 2.05) is 0 Å². The van der Waals surface area contributed by atoms with E-state index in [0.29, 0.717) is 5.56 Å². The second-order valence-corrected chi connectivity index (χ2v) is 4.39. The van der Waals surface area contributed by atoms with Crippen LogP contribution in [0.4, 0.5) is 8.78 Å². The first-order chi connectivity index (χ1) is 10.5. The summed E-state index contributed by atoms with van der Waals surface area (Å²) in [6, 6.07) is 8.76. The minimum Gasteiger partial charge on any atom is -0.512 e. The largest absolute Gasteiger partial charge is 0.707 e. The molecule has 0 aliphatic carbocycles. The number of nitrogens with one attached hydrogen (secondary N) is 1. The number of halogens is 2. The Balaban J connectivity index is 1.97. The highest BCUT2D eigenvalue weighted by Gasteiger charge is 2.13. The van der Waals surface area contributed by atoms with E-state index in [0.717, 1.165) is 18.2 Å². The second-order valence-electron chi connectivity index (χ2n) is 4.39. The zero-order chi connectivity index (χ0) is 16.1. The molecule has 2 aromatic rings. The summed E-state index contributed by atoms with van der Waals surface area (Å²) in [4.78, 5) is 11.8. The minimum absolute atomic E-state index is 0.0940. The molecule has 0 atom stereocenters. The number of rotatable bonds is 5. The van der Waals surface area contributed by atoms with Gasteiger partial charge in [-0.2, -0.15) is 0 Å². The van der Waals surface area contributed by atoms with Gasteiger partial charge in [0.25, 0.3) is 5.91 Å². The first kappa shape index (κ1) is 15.9. The summed E-state index contributed by atoms with van der Waals surface area (Å²) >= 11 is 0. The van der Waals surface area contributed by atoms with Crippen molar-refractivity contribution >= 4 is 13.2 Å². The zero-order valence-corrected chi connectivity index (χ0v) is 11.3. The maximum absolute atomic E-state index is 13.4. The molecule has 0 aromatic heterocycles. The lowest BCUT2D eigenvalue weighted by Gasteiger charge is -2.08. The summed E-state index contributed by atoms with van der Waals surface area (Å²) in [5, 5.41) is 19.7. The van der Waals surface area contributed by atoms with Crippen LogP contribution in [0.2, 0.25) is 0 Å². The third-order valence-corrected chi connectivity index (χ3v) is 2.79. The fraction of sp³-hybridized carbons (Fsp3) is 0.0714. The van der Waals surface area contributed by atoms with Gasteiger partial charge in [-0.3, -0.25) is 4.79 Å². The molecule has 114 valence electrons. The molecule has 2 aromatic carbocycles. The number of benzene rings is 2. The zero-order valence-electron chi connectivity index (χ0n) is 11.3. The van der Waals surface area contributed by atoms with Crippen molar-refractivity contribution in [3.05, 3.63) is 65.2 Å². The van der Waals surface area contributed by atoms with Crippen molar-refractivity contribution in [3.8, 4) is 5.75 Å². The molecule has 22 heavy (non-hydrogen) atoms. The molecule has 0 saturated heterocycles. The van der Waals surface area contributed by atoms with E-state index in [1.165, 1.54) is 12.1 Å². The second kappa shape index (κ2) is 7.01. The van der Waals surface area contributed by atoms with E-state index in [1.54, 1.807) is 12.1 Å². The Kier molecular flexibility index (Phi) is 5.08. The van der Waals surface area contributed by atoms with Gasteiger partial charge < -0.3 is 20.0 Å². The van der Waals surface area contributed by atoms with E-state index in [-0.39, 0.29) is 17.9 Å². The van der Waals surface area contributed by atoms with Gasteiger partial charge in [0.05, 0.1) is 5.56 Å². The summed E-state index contributed by atoms with van der Waals surface area (Å²) in [5.41, 5.74) is 0.299. The van der Waals surface area contributed by atoms with Gasteiger partial charge in [-0.15, -0.1) is 0 Å². The topological polar surface area (TPSA) is 78.8 Å². The predicted molar refractivity (Wildman–Crippen MR) is 74.8 cm³/mol. The summed E-state index contributed by atoms with van der Waals surface area (Å²) < 4.78 is 31.1. The Bertz CT molecular complexity index is 664. The van der Waals surface area contributed by atoms with Crippen molar-refractivity contribution in [3.63, 3.8) is 0 Å². The van der Waals surface area contributed by atoms with Gasteiger partial charge in [0.15, 0.2) is 0 Å². The van der Waals surface area contributed by atoms with E-state index < -0.39 is 24.9 Å². The normalized spacial score (nSPS) is 10.2. The maximum Gasteiger partial charge on any atom is 0.707 e. The van der Waals surface area contributed by atoms with Crippen LogP contribution in [0, 0.1) is 11.6 Å². The molecule has 2 rings (SSSR count). The highest BCUT2D eigenvalue weighted by molar-refractivity contribution is 6.33. The van der Waals surface area contributed by atoms with Gasteiger partial charge >= 0.3 is 7.32 Å². The quantitative estimate of drug-likeness (QED) is 0.726. The van der Waals surface area contributed by atoms with E-state index in [9.17, 15) is 13.6 Å². The van der Waals surface area contributed by atoms with Gasteiger partial charge in [-0.1, -0.05) is 12.1 Å². The standard InChI is InChI=1S/C14H12BF2NO4/c16-10-3-6-13(17)12(7-10)14(19)18-8-9-1-4-11(5-2-9)22-15(20)21/h1-7,20-21H,8H2,(H,18,19). The van der Waals surface area contributed by atoms with Crippen LogP contribution in [-0.2, 0) is 6.54 Å². The van der Waals surface area contributed by atoms with Crippen LogP contribution in [-0.4, -0.2) is 23.3 Å². The Morgan fingerprint density at radius 3 is 2.45 bits per heavy atom. The highest BCUT2D eigenvalue weighted by Crippen LogP contribution is 2.13. The number of amides is 1. The van der Waals surface area contributed by atoms with Gasteiger partial charge in [0.2, 0.25) is 0 Å². The predicted octanol–water partition coefficient (Wildman–Crippen LogP) is 1.24. The minimum atomic E-state index is -1.92. The van der Waals surface area contributed by atoms with Crippen molar-refractivity contribution in [2.45, 2.75) is 6.54 Å². The van der Waals surface area contributed by atoms with Crippen LogP contribution in [0.3, 0.4) is 0 Å². The van der Waals surface area contributed by atoms with Crippen LogP contribution in [0.15, 0.2) is 42.5 Å². The molecular weight excluding hydrogens is 295 g/mol. The molecule has 0 unspecified atom stereocenters. The lowest BCUT2D eigenvalue weighted by molar-refractivity contribution is 0.0946. The smallest absolute Gasteiger partial charge is 0.512 e. The van der Waals surface area contributed by atoms with Crippen LogP contribution < -0.4 is 9.97 Å². The average Bonchev–Trinajstić information content (AvgIpc) is 2.48. The lowest BCUT2D eigenvalue weighted by atomic mass is 10.1. The summed E-state index contributed by atoms with van der Waals surface area (Å²) in [6.45, 7) is 0.0940. The number of carbonyl (C=O) groups is 1. The van der Waals surface area contributed by atoms with Crippen LogP contribution in [0.5, 0.6) is 5.75 Å². The third kappa shape index (κ3) is 4.27. The fourth-order valence-corrected chi connectivity index (χ4v) is 1.76. The first-order valence-electron chi connectivity index (χ1n) is 6.30. The van der Waals surface area contributed by atoms with E-state index >= 15 is 0 Å². The summed E-state index contributed by atoms with van der Waals surface area (Å²) in [6.07, 6.45) is 0. The van der Waals surface area contributed by atoms with Gasteiger partial charge in [0.1, 0.15) is 17.4 Å². The summed E-state index contributed by atoms with van der Waals surface area (Å²) in [7, 11) is -1.92. The van der Waals surface area contributed by atoms with Crippen LogP contribution in [0.25, 0.3) is 0 Å². The van der Waals surface area contributed by atoms with E-state index in [4.69, 9.17) is 10.0 Å². The Morgan fingerprint density at radius 2 is 1.82 bits per heavy atom. The molecule has 0 aliphatic heterocycles. The fourth-order valence-electron chi connectivity index (χ4n) is 1.76.